The molecule has 0 spiro atoms. The van der Waals surface area contributed by atoms with Crippen molar-refractivity contribution in [2.75, 3.05) is 46.6 Å². The Bertz CT molecular complexity index is 408. The Morgan fingerprint density at radius 2 is 2.00 bits per heavy atom. The fraction of sp³-hybridized carbons (Fsp3) is 0.941. The average Bonchev–Trinajstić information content (AvgIpc) is 2.50. The van der Waals surface area contributed by atoms with Gasteiger partial charge in [-0.15, -0.1) is 0 Å². The third-order valence-corrected chi connectivity index (χ3v) is 4.34. The van der Waals surface area contributed by atoms with Gasteiger partial charge in [-0.1, -0.05) is 0 Å². The zero-order valence-electron chi connectivity index (χ0n) is 16.0. The zero-order chi connectivity index (χ0) is 18.4. The number of rotatable bonds is 7. The van der Waals surface area contributed by atoms with E-state index in [9.17, 15) is 9.90 Å². The van der Waals surface area contributed by atoms with Gasteiger partial charge in [0.05, 0.1) is 31.0 Å². The van der Waals surface area contributed by atoms with Crippen molar-refractivity contribution in [1.82, 2.24) is 10.2 Å². The van der Waals surface area contributed by atoms with Crippen molar-refractivity contribution in [3.8, 4) is 0 Å². The minimum Gasteiger partial charge on any atom is -0.444 e. The van der Waals surface area contributed by atoms with Crippen molar-refractivity contribution < 1.29 is 24.1 Å². The highest BCUT2D eigenvalue weighted by Gasteiger charge is 2.40. The largest absolute Gasteiger partial charge is 0.444 e. The van der Waals surface area contributed by atoms with Crippen LogP contribution >= 0.6 is 0 Å². The van der Waals surface area contributed by atoms with E-state index >= 15 is 0 Å². The Morgan fingerprint density at radius 3 is 2.54 bits per heavy atom. The molecule has 1 rings (SSSR count). The molecule has 0 aromatic heterocycles. The molecule has 1 atom stereocenters. The molecular formula is C17H34N2O5. The third kappa shape index (κ3) is 6.55. The van der Waals surface area contributed by atoms with Crippen LogP contribution in [0, 0.1) is 0 Å². The SMILES string of the molecule is COC(C)(C)CCN1CCOCC1(CO)CNC(=O)OC(C)(C)C. The van der Waals surface area contributed by atoms with E-state index in [1.165, 1.54) is 0 Å². The molecule has 1 heterocycles. The molecule has 0 saturated carbocycles. The summed E-state index contributed by atoms with van der Waals surface area (Å²) in [5.74, 6) is 0. The Balaban J connectivity index is 2.70. The Labute approximate surface area is 145 Å². The van der Waals surface area contributed by atoms with Crippen molar-refractivity contribution >= 4 is 6.09 Å². The van der Waals surface area contributed by atoms with Gasteiger partial charge in [-0.05, 0) is 41.0 Å². The topological polar surface area (TPSA) is 80.3 Å². The highest BCUT2D eigenvalue weighted by molar-refractivity contribution is 5.67. The second kappa shape index (κ2) is 8.47. The lowest BCUT2D eigenvalue weighted by Crippen LogP contribution is -2.65. The third-order valence-electron chi connectivity index (χ3n) is 4.34. The molecule has 0 aliphatic carbocycles. The molecule has 1 fully saturated rings. The number of carbonyl (C=O) groups is 1. The molecule has 1 saturated heterocycles. The maximum atomic E-state index is 11.9. The van der Waals surface area contributed by atoms with E-state index in [-0.39, 0.29) is 18.8 Å². The summed E-state index contributed by atoms with van der Waals surface area (Å²) in [5.41, 5.74) is -1.43. The summed E-state index contributed by atoms with van der Waals surface area (Å²) in [5, 5.41) is 12.8. The number of morpholine rings is 1. The second-order valence-electron chi connectivity index (χ2n) is 7.99. The van der Waals surface area contributed by atoms with E-state index in [1.54, 1.807) is 7.11 Å². The molecule has 0 aromatic carbocycles. The molecule has 0 bridgehead atoms. The minimum atomic E-state index is -0.640. The summed E-state index contributed by atoms with van der Waals surface area (Å²) in [6.45, 7) is 12.1. The summed E-state index contributed by atoms with van der Waals surface area (Å²) in [6, 6.07) is 0. The van der Waals surface area contributed by atoms with Crippen LogP contribution in [0.3, 0.4) is 0 Å². The second-order valence-corrected chi connectivity index (χ2v) is 7.99. The number of alkyl carbamates (subject to hydrolysis) is 1. The number of aliphatic hydroxyl groups is 1. The fourth-order valence-corrected chi connectivity index (χ4v) is 2.54. The number of hydrogen-bond acceptors (Lipinski definition) is 6. The quantitative estimate of drug-likeness (QED) is 0.725. The Morgan fingerprint density at radius 1 is 1.33 bits per heavy atom. The van der Waals surface area contributed by atoms with Crippen molar-refractivity contribution in [2.24, 2.45) is 0 Å². The summed E-state index contributed by atoms with van der Waals surface area (Å²) in [7, 11) is 1.70. The van der Waals surface area contributed by atoms with E-state index in [2.05, 4.69) is 10.2 Å². The Kier molecular flexibility index (Phi) is 7.46. The van der Waals surface area contributed by atoms with Gasteiger partial charge >= 0.3 is 6.09 Å². The maximum Gasteiger partial charge on any atom is 0.407 e. The molecule has 0 aromatic rings. The number of methoxy groups -OCH3 is 1. The number of hydrogen-bond donors (Lipinski definition) is 2. The molecule has 1 unspecified atom stereocenters. The zero-order valence-corrected chi connectivity index (χ0v) is 16.0. The van der Waals surface area contributed by atoms with Crippen LogP contribution < -0.4 is 5.32 Å². The van der Waals surface area contributed by atoms with Gasteiger partial charge in [-0.2, -0.15) is 0 Å². The van der Waals surface area contributed by atoms with Gasteiger partial charge in [-0.3, -0.25) is 4.90 Å². The van der Waals surface area contributed by atoms with Gasteiger partial charge in [0.2, 0.25) is 0 Å². The Hall–Kier alpha value is -0.890. The first-order valence-corrected chi connectivity index (χ1v) is 8.49. The summed E-state index contributed by atoms with van der Waals surface area (Å²) in [4.78, 5) is 14.1. The van der Waals surface area contributed by atoms with Crippen molar-refractivity contribution in [3.05, 3.63) is 0 Å². The lowest BCUT2D eigenvalue weighted by atomic mass is 9.95. The maximum absolute atomic E-state index is 11.9. The van der Waals surface area contributed by atoms with Gasteiger partial charge in [0, 0.05) is 26.7 Å². The van der Waals surface area contributed by atoms with Crippen molar-refractivity contribution in [1.29, 1.82) is 0 Å². The first kappa shape index (κ1) is 21.2. The predicted octanol–water partition coefficient (Wildman–Crippen LogP) is 1.39. The van der Waals surface area contributed by atoms with E-state index in [0.29, 0.717) is 19.8 Å². The summed E-state index contributed by atoms with van der Waals surface area (Å²) in [6.07, 6.45) is 0.329. The van der Waals surface area contributed by atoms with Gasteiger partial charge in [0.15, 0.2) is 0 Å². The van der Waals surface area contributed by atoms with Gasteiger partial charge in [-0.25, -0.2) is 4.79 Å². The molecule has 24 heavy (non-hydrogen) atoms. The van der Waals surface area contributed by atoms with E-state index in [4.69, 9.17) is 14.2 Å². The lowest BCUT2D eigenvalue weighted by Gasteiger charge is -2.46. The summed E-state index contributed by atoms with van der Waals surface area (Å²) < 4.78 is 16.3. The van der Waals surface area contributed by atoms with Crippen LogP contribution in [0.25, 0.3) is 0 Å². The minimum absolute atomic E-state index is 0.101. The lowest BCUT2D eigenvalue weighted by molar-refractivity contribution is -0.0988. The molecule has 2 N–H and O–H groups in total. The first-order chi connectivity index (χ1) is 11.0. The molecule has 1 aliphatic heterocycles. The molecular weight excluding hydrogens is 312 g/mol. The number of nitrogens with one attached hydrogen (secondary N) is 1. The van der Waals surface area contributed by atoms with E-state index in [1.807, 2.05) is 34.6 Å². The molecule has 0 radical (unpaired) electrons. The number of ether oxygens (including phenoxy) is 3. The smallest absolute Gasteiger partial charge is 0.407 e. The fourth-order valence-electron chi connectivity index (χ4n) is 2.54. The molecule has 1 aliphatic rings. The van der Waals surface area contributed by atoms with E-state index in [0.717, 1.165) is 13.0 Å². The van der Waals surface area contributed by atoms with Crippen LogP contribution in [0.1, 0.15) is 41.0 Å². The van der Waals surface area contributed by atoms with Crippen LogP contribution in [0.2, 0.25) is 0 Å². The highest BCUT2D eigenvalue weighted by Crippen LogP contribution is 2.23. The average molecular weight is 346 g/mol. The van der Waals surface area contributed by atoms with Crippen LogP contribution in [0.4, 0.5) is 4.79 Å². The molecule has 7 nitrogen and oxygen atoms in total. The van der Waals surface area contributed by atoms with Crippen molar-refractivity contribution in [2.45, 2.75) is 57.8 Å². The normalized spacial score (nSPS) is 23.1. The van der Waals surface area contributed by atoms with Crippen molar-refractivity contribution in [3.63, 3.8) is 0 Å². The molecule has 1 amide bonds. The number of nitrogens with zero attached hydrogens (tertiary/aromatic N) is 1. The number of aliphatic hydroxyl groups excluding tert-OH is 1. The number of carbonyl (C=O) groups excluding carboxylic acids is 1. The monoisotopic (exact) mass is 346 g/mol. The van der Waals surface area contributed by atoms with Crippen LogP contribution in [-0.4, -0.2) is 79.4 Å². The predicted molar refractivity (Wildman–Crippen MR) is 92.2 cm³/mol. The molecule has 7 heteroatoms. The molecule has 142 valence electrons. The van der Waals surface area contributed by atoms with Gasteiger partial charge in [0.1, 0.15) is 5.60 Å². The summed E-state index contributed by atoms with van der Waals surface area (Å²) >= 11 is 0. The van der Waals surface area contributed by atoms with Gasteiger partial charge in [0.25, 0.3) is 0 Å². The van der Waals surface area contributed by atoms with Gasteiger partial charge < -0.3 is 24.6 Å². The highest BCUT2D eigenvalue weighted by atomic mass is 16.6. The van der Waals surface area contributed by atoms with Crippen LogP contribution in [0.15, 0.2) is 0 Å². The van der Waals surface area contributed by atoms with Crippen LogP contribution in [-0.2, 0) is 14.2 Å². The van der Waals surface area contributed by atoms with E-state index < -0.39 is 17.2 Å². The van der Waals surface area contributed by atoms with Crippen LogP contribution in [0.5, 0.6) is 0 Å². The number of amides is 1. The standard InChI is InChI=1S/C17H34N2O5/c1-15(2,3)24-14(21)18-11-17(12-20)13-23-10-9-19(17)8-7-16(4,5)22-6/h20H,7-13H2,1-6H3,(H,18,21). The first-order valence-electron chi connectivity index (χ1n) is 8.49.